The van der Waals surface area contributed by atoms with Gasteiger partial charge in [0.25, 0.3) is 5.56 Å². The van der Waals surface area contributed by atoms with Gasteiger partial charge in [-0.2, -0.15) is 0 Å². The lowest BCUT2D eigenvalue weighted by Crippen LogP contribution is -2.19. The average Bonchev–Trinajstić information content (AvgIpc) is 2.59. The first-order valence-corrected chi connectivity index (χ1v) is 8.33. The number of rotatable bonds is 4. The van der Waals surface area contributed by atoms with Gasteiger partial charge in [0.15, 0.2) is 3.95 Å². The summed E-state index contributed by atoms with van der Waals surface area (Å²) in [6.45, 7) is 0.466. The second-order valence-corrected chi connectivity index (χ2v) is 6.69. The molecule has 0 bridgehead atoms. The number of hydrogen-bond acceptors (Lipinski definition) is 4. The van der Waals surface area contributed by atoms with Crippen molar-refractivity contribution in [2.24, 2.45) is 0 Å². The summed E-state index contributed by atoms with van der Waals surface area (Å²) in [5, 5.41) is 0. The Balaban J connectivity index is 1.94. The Kier molecular flexibility index (Phi) is 4.69. The van der Waals surface area contributed by atoms with E-state index in [-0.39, 0.29) is 5.56 Å². The minimum atomic E-state index is -0.0802. The van der Waals surface area contributed by atoms with Crippen LogP contribution in [-0.2, 0) is 6.54 Å². The minimum absolute atomic E-state index is 0.0802. The van der Waals surface area contributed by atoms with Crippen LogP contribution in [0.2, 0.25) is 0 Å². The van der Waals surface area contributed by atoms with Gasteiger partial charge in [-0.15, -0.1) is 11.3 Å². The largest absolute Gasteiger partial charge is 0.497 e. The highest BCUT2D eigenvalue weighted by Gasteiger charge is 2.06. The Bertz CT molecular complexity index is 881. The van der Waals surface area contributed by atoms with Gasteiger partial charge >= 0.3 is 0 Å². The highest BCUT2D eigenvalue weighted by molar-refractivity contribution is 7.73. The summed E-state index contributed by atoms with van der Waals surface area (Å²) in [4.78, 5) is 13.3. The van der Waals surface area contributed by atoms with E-state index in [4.69, 9.17) is 17.0 Å². The Morgan fingerprint density at radius 3 is 2.39 bits per heavy atom. The summed E-state index contributed by atoms with van der Waals surface area (Å²) in [5.74, 6) is 0.793. The highest BCUT2D eigenvalue weighted by atomic mass is 32.1. The van der Waals surface area contributed by atoms with E-state index in [1.54, 1.807) is 17.7 Å². The molecular formula is C18H15NO2S2. The Labute approximate surface area is 143 Å². The molecule has 0 spiro atoms. The number of hydrogen-bond donors (Lipinski definition) is 0. The number of nitrogens with zero attached hydrogens (tertiary/aromatic N) is 1. The van der Waals surface area contributed by atoms with E-state index in [0.717, 1.165) is 21.8 Å². The molecule has 1 heterocycles. The van der Waals surface area contributed by atoms with Crippen LogP contribution in [0.1, 0.15) is 5.56 Å². The molecule has 3 nitrogen and oxygen atoms in total. The molecule has 2 aromatic carbocycles. The lowest BCUT2D eigenvalue weighted by molar-refractivity contribution is 0.414. The first-order chi connectivity index (χ1) is 11.2. The zero-order valence-corrected chi connectivity index (χ0v) is 14.2. The number of ether oxygens (including phenoxy) is 1. The molecule has 23 heavy (non-hydrogen) atoms. The first-order valence-electron chi connectivity index (χ1n) is 7.11. The third-order valence-electron chi connectivity index (χ3n) is 3.50. The van der Waals surface area contributed by atoms with E-state index in [9.17, 15) is 4.79 Å². The van der Waals surface area contributed by atoms with Gasteiger partial charge in [0.05, 0.1) is 13.7 Å². The minimum Gasteiger partial charge on any atom is -0.497 e. The lowest BCUT2D eigenvalue weighted by Gasteiger charge is -2.08. The second kappa shape index (κ2) is 6.89. The van der Waals surface area contributed by atoms with E-state index in [1.165, 1.54) is 11.3 Å². The molecular weight excluding hydrogens is 326 g/mol. The maximum Gasteiger partial charge on any atom is 0.253 e. The van der Waals surface area contributed by atoms with Gasteiger partial charge in [0.2, 0.25) is 0 Å². The van der Waals surface area contributed by atoms with Crippen LogP contribution in [0.3, 0.4) is 0 Å². The number of methoxy groups -OCH3 is 1. The van der Waals surface area contributed by atoms with Gasteiger partial charge in [-0.05, 0) is 35.5 Å². The molecule has 0 N–H and O–H groups in total. The second-order valence-electron chi connectivity index (χ2n) is 5.02. The number of benzene rings is 2. The van der Waals surface area contributed by atoms with Crippen LogP contribution in [0.4, 0.5) is 0 Å². The summed E-state index contributed by atoms with van der Waals surface area (Å²) in [6, 6.07) is 19.1. The SMILES string of the molecule is COc1ccc(Cn2c(=O)cc(-c3ccccc3)sc2=S)cc1. The molecule has 0 aliphatic carbocycles. The lowest BCUT2D eigenvalue weighted by atomic mass is 10.2. The molecule has 5 heteroatoms. The Hall–Kier alpha value is -2.24. The maximum atomic E-state index is 12.4. The standard InChI is InChI=1S/C18H15NO2S2/c1-21-15-9-7-13(8-10-15)12-19-17(20)11-16(23-18(19)22)14-5-3-2-4-6-14/h2-11H,12H2,1H3. The van der Waals surface area contributed by atoms with Crippen LogP contribution in [0.15, 0.2) is 65.5 Å². The summed E-state index contributed by atoms with van der Waals surface area (Å²) in [5.41, 5.74) is 1.94. The van der Waals surface area contributed by atoms with Crippen LogP contribution in [0.5, 0.6) is 5.75 Å². The summed E-state index contributed by atoms with van der Waals surface area (Å²) < 4.78 is 7.34. The van der Waals surface area contributed by atoms with E-state index in [1.807, 2.05) is 54.6 Å². The van der Waals surface area contributed by atoms with Crippen molar-refractivity contribution in [2.75, 3.05) is 7.11 Å². The number of aromatic nitrogens is 1. The molecule has 0 aliphatic heterocycles. The molecule has 0 amide bonds. The van der Waals surface area contributed by atoms with E-state index in [2.05, 4.69) is 0 Å². The highest BCUT2D eigenvalue weighted by Crippen LogP contribution is 2.22. The molecule has 0 radical (unpaired) electrons. The van der Waals surface area contributed by atoms with Crippen molar-refractivity contribution in [3.8, 4) is 16.2 Å². The molecule has 0 aliphatic rings. The van der Waals surface area contributed by atoms with E-state index >= 15 is 0 Å². The van der Waals surface area contributed by atoms with Crippen molar-refractivity contribution < 1.29 is 4.74 Å². The molecule has 0 unspecified atom stereocenters. The van der Waals surface area contributed by atoms with Crippen LogP contribution in [-0.4, -0.2) is 11.7 Å². The fraction of sp³-hybridized carbons (Fsp3) is 0.111. The predicted octanol–water partition coefficient (Wildman–Crippen LogP) is 4.36. The third kappa shape index (κ3) is 3.57. The van der Waals surface area contributed by atoms with Gasteiger partial charge in [-0.3, -0.25) is 9.36 Å². The summed E-state index contributed by atoms with van der Waals surface area (Å²) >= 11 is 6.88. The molecule has 3 rings (SSSR count). The topological polar surface area (TPSA) is 31.2 Å². The quantitative estimate of drug-likeness (QED) is 0.661. The van der Waals surface area contributed by atoms with Crippen LogP contribution < -0.4 is 10.3 Å². The van der Waals surface area contributed by atoms with Crippen LogP contribution >= 0.6 is 23.6 Å². The van der Waals surface area contributed by atoms with Gasteiger partial charge in [0.1, 0.15) is 5.75 Å². The first kappa shape index (κ1) is 15.6. The molecule has 0 saturated heterocycles. The third-order valence-corrected chi connectivity index (χ3v) is 4.94. The monoisotopic (exact) mass is 341 g/mol. The summed E-state index contributed by atoms with van der Waals surface area (Å²) in [6.07, 6.45) is 0. The Morgan fingerprint density at radius 1 is 1.09 bits per heavy atom. The van der Waals surface area contributed by atoms with Crippen molar-refractivity contribution in [3.63, 3.8) is 0 Å². The fourth-order valence-corrected chi connectivity index (χ4v) is 3.55. The van der Waals surface area contributed by atoms with Gasteiger partial charge < -0.3 is 4.74 Å². The smallest absolute Gasteiger partial charge is 0.253 e. The predicted molar refractivity (Wildman–Crippen MR) is 96.9 cm³/mol. The molecule has 0 fully saturated rings. The average molecular weight is 341 g/mol. The van der Waals surface area contributed by atoms with Crippen molar-refractivity contribution in [3.05, 3.63) is 80.5 Å². The van der Waals surface area contributed by atoms with E-state index < -0.39 is 0 Å². The molecule has 1 aromatic heterocycles. The van der Waals surface area contributed by atoms with Gasteiger partial charge in [-0.1, -0.05) is 42.5 Å². The Morgan fingerprint density at radius 2 is 1.78 bits per heavy atom. The maximum absolute atomic E-state index is 12.4. The van der Waals surface area contributed by atoms with Gasteiger partial charge in [-0.25, -0.2) is 0 Å². The zero-order chi connectivity index (χ0) is 16.2. The van der Waals surface area contributed by atoms with Crippen molar-refractivity contribution in [2.45, 2.75) is 6.54 Å². The van der Waals surface area contributed by atoms with Crippen molar-refractivity contribution in [1.82, 2.24) is 4.57 Å². The molecule has 0 saturated carbocycles. The normalized spacial score (nSPS) is 10.5. The fourth-order valence-electron chi connectivity index (χ4n) is 2.26. The zero-order valence-electron chi connectivity index (χ0n) is 12.6. The van der Waals surface area contributed by atoms with Crippen LogP contribution in [0.25, 0.3) is 10.4 Å². The van der Waals surface area contributed by atoms with E-state index in [0.29, 0.717) is 10.5 Å². The molecule has 0 atom stereocenters. The van der Waals surface area contributed by atoms with Crippen molar-refractivity contribution in [1.29, 1.82) is 0 Å². The molecule has 116 valence electrons. The van der Waals surface area contributed by atoms with Gasteiger partial charge in [0, 0.05) is 10.9 Å². The summed E-state index contributed by atoms with van der Waals surface area (Å²) in [7, 11) is 1.63. The molecule has 3 aromatic rings. The van der Waals surface area contributed by atoms with Crippen molar-refractivity contribution >= 4 is 23.6 Å². The van der Waals surface area contributed by atoms with Crippen LogP contribution in [0, 0.1) is 3.95 Å².